The molecular formula is C13H9ClF3N5OS. The predicted molar refractivity (Wildman–Crippen MR) is 80.3 cm³/mol. The summed E-state index contributed by atoms with van der Waals surface area (Å²) in [5.74, 6) is -0.320. The lowest BCUT2D eigenvalue weighted by Crippen LogP contribution is -2.12. The minimum atomic E-state index is -4.55. The first-order valence-corrected chi connectivity index (χ1v) is 7.88. The van der Waals surface area contributed by atoms with Gasteiger partial charge in [0.15, 0.2) is 5.16 Å². The van der Waals surface area contributed by atoms with Crippen molar-refractivity contribution in [3.63, 3.8) is 0 Å². The largest absolute Gasteiger partial charge is 0.451 e. The van der Waals surface area contributed by atoms with Crippen LogP contribution in [0.1, 0.15) is 11.7 Å². The van der Waals surface area contributed by atoms with Crippen molar-refractivity contribution >= 4 is 23.4 Å². The van der Waals surface area contributed by atoms with Gasteiger partial charge in [0.2, 0.25) is 17.6 Å². The molecule has 24 heavy (non-hydrogen) atoms. The molecule has 6 nitrogen and oxygen atoms in total. The fourth-order valence-electron chi connectivity index (χ4n) is 1.83. The SMILES string of the molecule is Cn1c(SCc2nnc(-c3ccc(Cl)cc3)o2)nnc1C(F)(F)F. The number of hydrogen-bond acceptors (Lipinski definition) is 6. The number of aromatic nitrogens is 5. The van der Waals surface area contributed by atoms with Crippen molar-refractivity contribution in [2.75, 3.05) is 0 Å². The van der Waals surface area contributed by atoms with E-state index in [9.17, 15) is 13.2 Å². The Labute approximate surface area is 143 Å². The first-order chi connectivity index (χ1) is 11.3. The van der Waals surface area contributed by atoms with E-state index in [1.165, 1.54) is 7.05 Å². The van der Waals surface area contributed by atoms with E-state index in [-0.39, 0.29) is 16.8 Å². The van der Waals surface area contributed by atoms with Crippen LogP contribution in [0.3, 0.4) is 0 Å². The Morgan fingerprint density at radius 3 is 2.46 bits per heavy atom. The highest BCUT2D eigenvalue weighted by Crippen LogP contribution is 2.30. The molecule has 0 bridgehead atoms. The van der Waals surface area contributed by atoms with E-state index in [0.29, 0.717) is 16.5 Å². The van der Waals surface area contributed by atoms with Crippen molar-refractivity contribution in [3.8, 4) is 11.5 Å². The maximum Gasteiger partial charge on any atom is 0.451 e. The molecule has 0 aliphatic rings. The van der Waals surface area contributed by atoms with Gasteiger partial charge in [0.1, 0.15) is 0 Å². The Bertz CT molecular complexity index is 846. The van der Waals surface area contributed by atoms with Crippen LogP contribution in [0.4, 0.5) is 13.2 Å². The molecule has 0 aliphatic heterocycles. The van der Waals surface area contributed by atoms with Crippen LogP contribution in [-0.2, 0) is 19.0 Å². The third-order valence-corrected chi connectivity index (χ3v) is 4.23. The highest BCUT2D eigenvalue weighted by molar-refractivity contribution is 7.98. The van der Waals surface area contributed by atoms with Crippen molar-refractivity contribution in [1.29, 1.82) is 0 Å². The number of nitrogens with zero attached hydrogens (tertiary/aromatic N) is 5. The van der Waals surface area contributed by atoms with Gasteiger partial charge in [-0.1, -0.05) is 23.4 Å². The minimum Gasteiger partial charge on any atom is -0.420 e. The van der Waals surface area contributed by atoms with Crippen LogP contribution in [0.2, 0.25) is 5.02 Å². The number of rotatable bonds is 4. The summed E-state index contributed by atoms with van der Waals surface area (Å²) in [6.45, 7) is 0. The van der Waals surface area contributed by atoms with E-state index >= 15 is 0 Å². The van der Waals surface area contributed by atoms with Gasteiger partial charge in [-0.25, -0.2) is 0 Å². The average molecular weight is 376 g/mol. The Hall–Kier alpha value is -2.07. The summed E-state index contributed by atoms with van der Waals surface area (Å²) in [6, 6.07) is 6.83. The van der Waals surface area contributed by atoms with Crippen LogP contribution in [0, 0.1) is 0 Å². The summed E-state index contributed by atoms with van der Waals surface area (Å²) in [6.07, 6.45) is -4.55. The third-order valence-electron chi connectivity index (χ3n) is 2.97. The van der Waals surface area contributed by atoms with Gasteiger partial charge in [-0.3, -0.25) is 0 Å². The van der Waals surface area contributed by atoms with Crippen LogP contribution in [-0.4, -0.2) is 25.0 Å². The van der Waals surface area contributed by atoms with Crippen molar-refractivity contribution in [3.05, 3.63) is 41.0 Å². The highest BCUT2D eigenvalue weighted by Gasteiger charge is 2.37. The van der Waals surface area contributed by atoms with Gasteiger partial charge < -0.3 is 8.98 Å². The quantitative estimate of drug-likeness (QED) is 0.645. The molecule has 0 N–H and O–H groups in total. The van der Waals surface area contributed by atoms with Gasteiger partial charge in [0, 0.05) is 17.6 Å². The Balaban J connectivity index is 1.70. The van der Waals surface area contributed by atoms with Gasteiger partial charge in [0.25, 0.3) is 0 Å². The second kappa shape index (κ2) is 6.44. The van der Waals surface area contributed by atoms with Crippen LogP contribution < -0.4 is 0 Å². The van der Waals surface area contributed by atoms with Gasteiger partial charge in [-0.15, -0.1) is 20.4 Å². The summed E-state index contributed by atoms with van der Waals surface area (Å²) in [4.78, 5) is 0. The fourth-order valence-corrected chi connectivity index (χ4v) is 2.71. The normalized spacial score (nSPS) is 11.9. The number of hydrogen-bond donors (Lipinski definition) is 0. The number of halogens is 4. The number of benzene rings is 1. The van der Waals surface area contributed by atoms with Crippen molar-refractivity contribution < 1.29 is 17.6 Å². The van der Waals surface area contributed by atoms with E-state index in [4.69, 9.17) is 16.0 Å². The van der Waals surface area contributed by atoms with Crippen LogP contribution in [0.5, 0.6) is 0 Å². The van der Waals surface area contributed by atoms with E-state index < -0.39 is 12.0 Å². The van der Waals surface area contributed by atoms with Crippen LogP contribution >= 0.6 is 23.4 Å². The number of thioether (sulfide) groups is 1. The lowest BCUT2D eigenvalue weighted by atomic mass is 10.2. The van der Waals surface area contributed by atoms with Gasteiger partial charge >= 0.3 is 6.18 Å². The fraction of sp³-hybridized carbons (Fsp3) is 0.231. The molecule has 11 heteroatoms. The van der Waals surface area contributed by atoms with E-state index in [0.717, 1.165) is 16.3 Å². The molecule has 3 aromatic rings. The van der Waals surface area contributed by atoms with Crippen molar-refractivity contribution in [2.45, 2.75) is 17.1 Å². The minimum absolute atomic E-state index is 0.105. The molecule has 0 radical (unpaired) electrons. The predicted octanol–water partition coefficient (Wildman–Crippen LogP) is 3.83. The van der Waals surface area contributed by atoms with E-state index in [1.54, 1.807) is 24.3 Å². The summed E-state index contributed by atoms with van der Waals surface area (Å²) < 4.78 is 44.3. The van der Waals surface area contributed by atoms with Gasteiger partial charge in [-0.05, 0) is 24.3 Å². The molecule has 0 unspecified atom stereocenters. The van der Waals surface area contributed by atoms with Gasteiger partial charge in [0.05, 0.1) is 5.75 Å². The topological polar surface area (TPSA) is 69.6 Å². The molecule has 1 aromatic carbocycles. The molecule has 0 saturated heterocycles. The number of alkyl halides is 3. The zero-order valence-electron chi connectivity index (χ0n) is 12.1. The molecule has 0 fully saturated rings. The van der Waals surface area contributed by atoms with E-state index in [1.807, 2.05) is 0 Å². The maximum absolute atomic E-state index is 12.7. The highest BCUT2D eigenvalue weighted by atomic mass is 35.5. The molecule has 2 heterocycles. The first-order valence-electron chi connectivity index (χ1n) is 6.52. The van der Waals surface area contributed by atoms with E-state index in [2.05, 4.69) is 20.4 Å². The molecule has 2 aromatic heterocycles. The van der Waals surface area contributed by atoms with Crippen molar-refractivity contribution in [2.24, 2.45) is 7.05 Å². The van der Waals surface area contributed by atoms with Crippen molar-refractivity contribution in [1.82, 2.24) is 25.0 Å². The smallest absolute Gasteiger partial charge is 0.420 e. The maximum atomic E-state index is 12.7. The molecule has 0 spiro atoms. The summed E-state index contributed by atoms with van der Waals surface area (Å²) in [5.41, 5.74) is 0.696. The summed E-state index contributed by atoms with van der Waals surface area (Å²) >= 11 is 6.83. The second-order valence-electron chi connectivity index (χ2n) is 4.66. The first kappa shape index (κ1) is 16.8. The summed E-state index contributed by atoms with van der Waals surface area (Å²) in [7, 11) is 1.25. The molecular weight excluding hydrogens is 367 g/mol. The molecule has 3 rings (SSSR count). The zero-order valence-corrected chi connectivity index (χ0v) is 13.7. The zero-order chi connectivity index (χ0) is 17.3. The Kier molecular flexibility index (Phi) is 4.50. The standard InChI is InChI=1S/C13H9ClF3N5OS/c1-22-11(13(15,16)17)20-21-12(22)24-6-9-18-19-10(23-9)7-2-4-8(14)5-3-7/h2-5H,6H2,1H3. The Morgan fingerprint density at radius 2 is 1.83 bits per heavy atom. The lowest BCUT2D eigenvalue weighted by Gasteiger charge is -2.05. The Morgan fingerprint density at radius 1 is 1.12 bits per heavy atom. The third kappa shape index (κ3) is 3.54. The molecule has 0 atom stereocenters. The molecule has 126 valence electrons. The molecule has 0 aliphatic carbocycles. The van der Waals surface area contributed by atoms with Crippen LogP contribution in [0.15, 0.2) is 33.8 Å². The molecule has 0 saturated carbocycles. The second-order valence-corrected chi connectivity index (χ2v) is 6.04. The molecule has 0 amide bonds. The summed E-state index contributed by atoms with van der Waals surface area (Å²) in [5, 5.41) is 15.1. The monoisotopic (exact) mass is 375 g/mol. The lowest BCUT2D eigenvalue weighted by molar-refractivity contribution is -0.147. The van der Waals surface area contributed by atoms with Crippen LogP contribution in [0.25, 0.3) is 11.5 Å². The van der Waals surface area contributed by atoms with Gasteiger partial charge in [-0.2, -0.15) is 13.2 Å². The average Bonchev–Trinajstić information content (AvgIpc) is 3.12.